The zero-order valence-electron chi connectivity index (χ0n) is 22.4. The van der Waals surface area contributed by atoms with Crippen LogP contribution in [0.2, 0.25) is 0 Å². The maximum Gasteiger partial charge on any atom is 0.302 e. The van der Waals surface area contributed by atoms with Crippen molar-refractivity contribution in [3.8, 4) is 0 Å². The Kier molecular flexibility index (Phi) is 5.73. The van der Waals surface area contributed by atoms with Crippen molar-refractivity contribution in [2.75, 3.05) is 48.1 Å². The number of nitrogens with zero attached hydrogens (tertiary/aromatic N) is 1. The van der Waals surface area contributed by atoms with Gasteiger partial charge in [0.15, 0.2) is 0 Å². The molecule has 5 saturated carbocycles. The molecular formula is C27H43NO8. The van der Waals surface area contributed by atoms with Crippen LogP contribution in [0.15, 0.2) is 0 Å². The first-order valence-corrected chi connectivity index (χ1v) is 13.6. The zero-order valence-corrected chi connectivity index (χ0v) is 22.4. The van der Waals surface area contributed by atoms with E-state index in [9.17, 15) is 15.0 Å². The minimum Gasteiger partial charge on any atom is -0.462 e. The van der Waals surface area contributed by atoms with Gasteiger partial charge in [0.05, 0.1) is 31.0 Å². The van der Waals surface area contributed by atoms with E-state index in [1.54, 1.807) is 28.4 Å². The van der Waals surface area contributed by atoms with Crippen LogP contribution in [0.1, 0.15) is 39.5 Å². The number of esters is 1. The summed E-state index contributed by atoms with van der Waals surface area (Å²) < 4.78 is 30.5. The molecule has 0 aromatic heterocycles. The third-order valence-electron chi connectivity index (χ3n) is 11.8. The van der Waals surface area contributed by atoms with E-state index in [1.807, 2.05) is 0 Å². The van der Waals surface area contributed by atoms with Crippen LogP contribution in [0.25, 0.3) is 0 Å². The number of aliphatic hydroxyl groups is 2. The van der Waals surface area contributed by atoms with E-state index in [2.05, 4.69) is 11.8 Å². The number of fused-ring (bicyclic) bond motifs is 2. The van der Waals surface area contributed by atoms with Crippen LogP contribution in [0.5, 0.6) is 0 Å². The molecule has 7 bridgehead atoms. The van der Waals surface area contributed by atoms with Crippen molar-refractivity contribution >= 4 is 5.97 Å². The van der Waals surface area contributed by atoms with E-state index >= 15 is 0 Å². The molecule has 6 aliphatic rings. The highest BCUT2D eigenvalue weighted by molar-refractivity contribution is 5.66. The van der Waals surface area contributed by atoms with Crippen molar-refractivity contribution in [3.63, 3.8) is 0 Å². The van der Waals surface area contributed by atoms with Gasteiger partial charge in [-0.05, 0) is 31.7 Å². The van der Waals surface area contributed by atoms with Gasteiger partial charge in [0.25, 0.3) is 0 Å². The van der Waals surface area contributed by atoms with Crippen LogP contribution in [-0.2, 0) is 28.5 Å². The fourth-order valence-electron chi connectivity index (χ4n) is 11.3. The Morgan fingerprint density at radius 3 is 2.44 bits per heavy atom. The van der Waals surface area contributed by atoms with Crippen molar-refractivity contribution in [2.24, 2.45) is 34.5 Å². The van der Waals surface area contributed by atoms with E-state index in [0.717, 1.165) is 32.4 Å². The van der Waals surface area contributed by atoms with Crippen molar-refractivity contribution < 1.29 is 38.7 Å². The predicted molar refractivity (Wildman–Crippen MR) is 128 cm³/mol. The van der Waals surface area contributed by atoms with Crippen LogP contribution in [0, 0.1) is 34.5 Å². The van der Waals surface area contributed by atoms with Gasteiger partial charge in [-0.2, -0.15) is 0 Å². The molecule has 9 heteroatoms. The van der Waals surface area contributed by atoms with Gasteiger partial charge in [-0.25, -0.2) is 0 Å². The van der Waals surface area contributed by atoms with Crippen LogP contribution in [0.3, 0.4) is 0 Å². The van der Waals surface area contributed by atoms with Crippen LogP contribution >= 0.6 is 0 Å². The molecule has 204 valence electrons. The summed E-state index contributed by atoms with van der Waals surface area (Å²) in [5, 5.41) is 26.0. The second-order valence-corrected chi connectivity index (χ2v) is 12.5. The Balaban J connectivity index is 1.66. The maximum atomic E-state index is 13.1. The molecule has 1 aliphatic heterocycles. The summed E-state index contributed by atoms with van der Waals surface area (Å²) in [4.78, 5) is 14.7. The first kappa shape index (κ1) is 25.5. The topological polar surface area (TPSA) is 107 Å². The summed E-state index contributed by atoms with van der Waals surface area (Å²) in [5.41, 5.74) is -3.87. The SMILES string of the molecule is CCN1C[C@]2(COC)CC[C@H](OC)[C@]34C1[C@@](O)([C@@H](OC)[C@H]23)[C@@]1(O)C[C@H](OC)C2C[C@@H]4[C@@H]1[C@H]2OC(C)=O. The maximum absolute atomic E-state index is 13.1. The van der Waals surface area contributed by atoms with E-state index in [0.29, 0.717) is 6.61 Å². The van der Waals surface area contributed by atoms with Gasteiger partial charge in [0.1, 0.15) is 17.3 Å². The van der Waals surface area contributed by atoms with Gasteiger partial charge >= 0.3 is 5.97 Å². The van der Waals surface area contributed by atoms with Crippen molar-refractivity contribution in [1.29, 1.82) is 0 Å². The highest BCUT2D eigenvalue weighted by Gasteiger charge is 2.91. The van der Waals surface area contributed by atoms with Crippen molar-refractivity contribution in [1.82, 2.24) is 4.90 Å². The molecule has 1 spiro atoms. The summed E-state index contributed by atoms with van der Waals surface area (Å²) in [6, 6.07) is -0.348. The highest BCUT2D eigenvalue weighted by atomic mass is 16.6. The average Bonchev–Trinajstić information content (AvgIpc) is 3.23. The van der Waals surface area contributed by atoms with E-state index in [1.165, 1.54) is 6.92 Å². The smallest absolute Gasteiger partial charge is 0.302 e. The van der Waals surface area contributed by atoms with Crippen LogP contribution < -0.4 is 0 Å². The molecule has 2 unspecified atom stereocenters. The molecule has 13 atom stereocenters. The quantitative estimate of drug-likeness (QED) is 0.483. The van der Waals surface area contributed by atoms with Gasteiger partial charge in [-0.1, -0.05) is 6.92 Å². The molecule has 1 heterocycles. The number of carbonyl (C=O) groups excluding carboxylic acids is 1. The molecule has 9 nitrogen and oxygen atoms in total. The number of carbonyl (C=O) groups is 1. The molecule has 0 aromatic rings. The van der Waals surface area contributed by atoms with E-state index in [-0.39, 0.29) is 53.8 Å². The Labute approximate surface area is 213 Å². The molecule has 36 heavy (non-hydrogen) atoms. The summed E-state index contributed by atoms with van der Waals surface area (Å²) in [6.07, 6.45) is 1.20. The number of hydrogen-bond donors (Lipinski definition) is 2. The van der Waals surface area contributed by atoms with Gasteiger partial charge in [0, 0.05) is 76.9 Å². The monoisotopic (exact) mass is 509 g/mol. The predicted octanol–water partition coefficient (Wildman–Crippen LogP) is 0.842. The molecule has 6 fully saturated rings. The zero-order chi connectivity index (χ0) is 25.8. The largest absolute Gasteiger partial charge is 0.462 e. The lowest BCUT2D eigenvalue weighted by Gasteiger charge is -2.70. The van der Waals surface area contributed by atoms with Gasteiger partial charge < -0.3 is 33.9 Å². The first-order valence-electron chi connectivity index (χ1n) is 13.6. The number of likely N-dealkylation sites (tertiary alicyclic amines) is 1. The van der Waals surface area contributed by atoms with Crippen LogP contribution in [0.4, 0.5) is 0 Å². The third kappa shape index (κ3) is 2.55. The Morgan fingerprint density at radius 2 is 1.86 bits per heavy atom. The second kappa shape index (κ2) is 8.10. The molecular weight excluding hydrogens is 466 g/mol. The van der Waals surface area contributed by atoms with Gasteiger partial charge in [-0.3, -0.25) is 9.69 Å². The Hall–Kier alpha value is -0.810. The number of methoxy groups -OCH3 is 4. The summed E-state index contributed by atoms with van der Waals surface area (Å²) in [7, 11) is 6.83. The second-order valence-electron chi connectivity index (χ2n) is 12.5. The van der Waals surface area contributed by atoms with Crippen molar-refractivity contribution in [3.05, 3.63) is 0 Å². The lowest BCUT2D eigenvalue weighted by Crippen LogP contribution is -2.82. The van der Waals surface area contributed by atoms with Crippen molar-refractivity contribution in [2.45, 2.75) is 81.2 Å². The minimum absolute atomic E-state index is 0.0248. The van der Waals surface area contributed by atoms with E-state index < -0.39 is 34.7 Å². The average molecular weight is 510 g/mol. The number of hydrogen-bond acceptors (Lipinski definition) is 9. The van der Waals surface area contributed by atoms with Gasteiger partial charge in [0.2, 0.25) is 0 Å². The summed E-state index contributed by atoms with van der Waals surface area (Å²) >= 11 is 0. The first-order chi connectivity index (χ1) is 17.2. The molecule has 2 N–H and O–H groups in total. The Morgan fingerprint density at radius 1 is 1.11 bits per heavy atom. The summed E-state index contributed by atoms with van der Waals surface area (Å²) in [6.45, 7) is 5.62. The van der Waals surface area contributed by atoms with Gasteiger partial charge in [-0.15, -0.1) is 0 Å². The molecule has 1 saturated heterocycles. The van der Waals surface area contributed by atoms with E-state index in [4.69, 9.17) is 23.7 Å². The molecule has 0 radical (unpaired) electrons. The Bertz CT molecular complexity index is 918. The third-order valence-corrected chi connectivity index (χ3v) is 11.8. The lowest BCUT2D eigenvalue weighted by molar-refractivity contribution is -0.319. The lowest BCUT2D eigenvalue weighted by atomic mass is 9.42. The fraction of sp³-hybridized carbons (Fsp3) is 0.963. The molecule has 6 rings (SSSR count). The number of ether oxygens (including phenoxy) is 5. The normalized spacial score (nSPS) is 56.6. The standard InChI is InChI=1S/C27H43NO8/c1-7-28-12-24(13-32-3)9-8-18(34-5)26-16-10-15-17(33-4)11-25(30,19(16)20(15)36-14(2)29)27(31,23(26)28)22(35-6)21(24)26/h15-23,30-31H,7-13H2,1-6H3/t15?,16-,17+,18+,19-,20+,21-,22+,23?,24+,25-,26+,27+/m1/s1. The molecule has 5 aliphatic carbocycles. The summed E-state index contributed by atoms with van der Waals surface area (Å²) in [5.74, 6) is -0.924. The van der Waals surface area contributed by atoms with Crippen LogP contribution in [-0.4, -0.2) is 111 Å². The minimum atomic E-state index is -1.59. The highest BCUT2D eigenvalue weighted by Crippen LogP contribution is 2.80. The number of likely N-dealkylation sites (N-methyl/N-ethyl adjacent to an activating group) is 1. The number of rotatable bonds is 7. The molecule has 0 aromatic carbocycles. The number of piperidine rings is 1. The fourth-order valence-corrected chi connectivity index (χ4v) is 11.3. The molecule has 0 amide bonds.